The molecule has 2 rings (SSSR count). The topological polar surface area (TPSA) is 32.3 Å². The first kappa shape index (κ1) is 12.9. The van der Waals surface area contributed by atoms with Crippen molar-refractivity contribution in [2.75, 3.05) is 19.6 Å². The number of nitrogens with one attached hydrogen (secondary N) is 1. The molecule has 17 heavy (non-hydrogen) atoms. The van der Waals surface area contributed by atoms with Gasteiger partial charge in [-0.15, -0.1) is 0 Å². The van der Waals surface area contributed by atoms with Crippen LogP contribution in [0.25, 0.3) is 0 Å². The van der Waals surface area contributed by atoms with Crippen molar-refractivity contribution in [1.82, 2.24) is 10.2 Å². The highest BCUT2D eigenvalue weighted by Gasteiger charge is 2.45. The Morgan fingerprint density at radius 1 is 1.41 bits per heavy atom. The lowest BCUT2D eigenvalue weighted by Gasteiger charge is -2.29. The van der Waals surface area contributed by atoms with Crippen LogP contribution in [0, 0.1) is 17.8 Å². The largest absolute Gasteiger partial charge is 0.339 e. The second-order valence-electron chi connectivity index (χ2n) is 5.74. The molecule has 4 atom stereocenters. The first-order valence-corrected chi connectivity index (χ1v) is 7.20. The molecule has 0 radical (unpaired) electrons. The maximum Gasteiger partial charge on any atom is 0.225 e. The number of nitrogens with zero attached hydrogens (tertiary/aromatic N) is 1. The minimum absolute atomic E-state index is 0.209. The predicted octanol–water partition coefficient (Wildman–Crippen LogP) is 1.88. The standard InChI is InChI=1S/C14H26N2O/c1-4-6-10(3)14(17)16-9-11-7-15-8-12(11)13(16)5-2/h10-13,15H,4-9H2,1-3H3. The summed E-state index contributed by atoms with van der Waals surface area (Å²) in [5, 5.41) is 3.46. The van der Waals surface area contributed by atoms with Gasteiger partial charge in [-0.3, -0.25) is 4.79 Å². The van der Waals surface area contributed by atoms with Gasteiger partial charge in [0.1, 0.15) is 0 Å². The Kier molecular flexibility index (Phi) is 4.08. The van der Waals surface area contributed by atoms with Crippen molar-refractivity contribution in [2.45, 2.75) is 46.1 Å². The molecule has 0 aromatic rings. The summed E-state index contributed by atoms with van der Waals surface area (Å²) in [5.41, 5.74) is 0. The Balaban J connectivity index is 2.03. The highest BCUT2D eigenvalue weighted by atomic mass is 16.2. The van der Waals surface area contributed by atoms with E-state index in [0.29, 0.717) is 23.8 Å². The fourth-order valence-electron chi connectivity index (χ4n) is 3.64. The summed E-state index contributed by atoms with van der Waals surface area (Å²) in [7, 11) is 0. The summed E-state index contributed by atoms with van der Waals surface area (Å²) in [6, 6.07) is 0.488. The van der Waals surface area contributed by atoms with Gasteiger partial charge in [0.2, 0.25) is 5.91 Å². The normalized spacial score (nSPS) is 33.8. The summed E-state index contributed by atoms with van der Waals surface area (Å²) in [5.74, 6) is 2.02. The summed E-state index contributed by atoms with van der Waals surface area (Å²) in [6.45, 7) is 9.66. The van der Waals surface area contributed by atoms with Crippen LogP contribution in [0.4, 0.5) is 0 Å². The van der Waals surface area contributed by atoms with E-state index in [2.05, 4.69) is 31.0 Å². The Morgan fingerprint density at radius 3 is 2.82 bits per heavy atom. The van der Waals surface area contributed by atoms with Crippen LogP contribution in [0.2, 0.25) is 0 Å². The molecule has 0 aliphatic carbocycles. The molecule has 0 aromatic heterocycles. The molecule has 0 aromatic carbocycles. The second kappa shape index (κ2) is 5.38. The Bertz CT molecular complexity index is 279. The molecule has 2 aliphatic heterocycles. The number of carbonyl (C=O) groups is 1. The molecule has 0 bridgehead atoms. The molecule has 4 unspecified atom stereocenters. The predicted molar refractivity (Wildman–Crippen MR) is 69.7 cm³/mol. The van der Waals surface area contributed by atoms with Crippen LogP contribution in [0.5, 0.6) is 0 Å². The molecular weight excluding hydrogens is 212 g/mol. The van der Waals surface area contributed by atoms with E-state index in [-0.39, 0.29) is 5.92 Å². The third-order valence-electron chi connectivity index (χ3n) is 4.56. The van der Waals surface area contributed by atoms with Gasteiger partial charge in [-0.25, -0.2) is 0 Å². The van der Waals surface area contributed by atoms with Gasteiger partial charge in [0.15, 0.2) is 0 Å². The van der Waals surface area contributed by atoms with E-state index in [4.69, 9.17) is 0 Å². The zero-order valence-corrected chi connectivity index (χ0v) is 11.4. The maximum atomic E-state index is 12.4. The average Bonchev–Trinajstić information content (AvgIpc) is 2.87. The fraction of sp³-hybridized carbons (Fsp3) is 0.929. The van der Waals surface area contributed by atoms with Crippen molar-refractivity contribution < 1.29 is 4.79 Å². The van der Waals surface area contributed by atoms with Gasteiger partial charge < -0.3 is 10.2 Å². The van der Waals surface area contributed by atoms with E-state index in [1.165, 1.54) is 0 Å². The molecule has 3 nitrogen and oxygen atoms in total. The van der Waals surface area contributed by atoms with Gasteiger partial charge in [0, 0.05) is 31.6 Å². The van der Waals surface area contributed by atoms with Gasteiger partial charge >= 0.3 is 0 Å². The van der Waals surface area contributed by atoms with Crippen LogP contribution in [0.3, 0.4) is 0 Å². The summed E-state index contributed by atoms with van der Waals surface area (Å²) in [4.78, 5) is 14.6. The number of likely N-dealkylation sites (tertiary alicyclic amines) is 1. The van der Waals surface area contributed by atoms with E-state index in [9.17, 15) is 4.79 Å². The van der Waals surface area contributed by atoms with E-state index in [0.717, 1.165) is 38.9 Å². The molecule has 1 N–H and O–H groups in total. The molecule has 98 valence electrons. The highest BCUT2D eigenvalue weighted by molar-refractivity contribution is 5.79. The minimum atomic E-state index is 0.209. The van der Waals surface area contributed by atoms with E-state index < -0.39 is 0 Å². The Hall–Kier alpha value is -0.570. The van der Waals surface area contributed by atoms with Crippen molar-refractivity contribution in [3.63, 3.8) is 0 Å². The first-order chi connectivity index (χ1) is 8.19. The molecule has 2 aliphatic rings. The lowest BCUT2D eigenvalue weighted by Crippen LogP contribution is -2.42. The van der Waals surface area contributed by atoms with Gasteiger partial charge in [-0.05, 0) is 24.7 Å². The van der Waals surface area contributed by atoms with Crippen molar-refractivity contribution >= 4 is 5.91 Å². The number of carbonyl (C=O) groups excluding carboxylic acids is 1. The van der Waals surface area contributed by atoms with E-state index >= 15 is 0 Å². The molecule has 3 heteroatoms. The monoisotopic (exact) mass is 238 g/mol. The van der Waals surface area contributed by atoms with Gasteiger partial charge in [0.05, 0.1) is 0 Å². The first-order valence-electron chi connectivity index (χ1n) is 7.20. The summed E-state index contributed by atoms with van der Waals surface area (Å²) in [6.07, 6.45) is 3.23. The quantitative estimate of drug-likeness (QED) is 0.811. The number of amides is 1. The summed E-state index contributed by atoms with van der Waals surface area (Å²) < 4.78 is 0. The van der Waals surface area contributed by atoms with Crippen molar-refractivity contribution in [3.8, 4) is 0 Å². The highest BCUT2D eigenvalue weighted by Crippen LogP contribution is 2.35. The minimum Gasteiger partial charge on any atom is -0.339 e. The smallest absolute Gasteiger partial charge is 0.225 e. The molecule has 0 saturated carbocycles. The zero-order chi connectivity index (χ0) is 12.4. The van der Waals surface area contributed by atoms with Crippen molar-refractivity contribution in [2.24, 2.45) is 17.8 Å². The average molecular weight is 238 g/mol. The second-order valence-corrected chi connectivity index (χ2v) is 5.74. The molecule has 2 heterocycles. The lowest BCUT2D eigenvalue weighted by atomic mass is 9.92. The molecule has 0 spiro atoms. The van der Waals surface area contributed by atoms with Crippen molar-refractivity contribution in [1.29, 1.82) is 0 Å². The number of hydrogen-bond acceptors (Lipinski definition) is 2. The fourth-order valence-corrected chi connectivity index (χ4v) is 3.64. The Morgan fingerprint density at radius 2 is 2.18 bits per heavy atom. The van der Waals surface area contributed by atoms with Crippen LogP contribution >= 0.6 is 0 Å². The summed E-state index contributed by atoms with van der Waals surface area (Å²) >= 11 is 0. The van der Waals surface area contributed by atoms with Crippen LogP contribution in [-0.2, 0) is 4.79 Å². The van der Waals surface area contributed by atoms with Gasteiger partial charge in [0.25, 0.3) is 0 Å². The molecule has 2 saturated heterocycles. The number of hydrogen-bond donors (Lipinski definition) is 1. The Labute approximate surface area is 105 Å². The van der Waals surface area contributed by atoms with Crippen molar-refractivity contribution in [3.05, 3.63) is 0 Å². The van der Waals surface area contributed by atoms with E-state index in [1.807, 2.05) is 0 Å². The zero-order valence-electron chi connectivity index (χ0n) is 11.4. The van der Waals surface area contributed by atoms with Crippen LogP contribution in [0.1, 0.15) is 40.0 Å². The van der Waals surface area contributed by atoms with E-state index in [1.54, 1.807) is 0 Å². The van der Waals surface area contributed by atoms with Gasteiger partial charge in [-0.1, -0.05) is 27.2 Å². The molecule has 1 amide bonds. The number of rotatable bonds is 4. The SMILES string of the molecule is CCCC(C)C(=O)N1CC2CNCC2C1CC. The number of fused-ring (bicyclic) bond motifs is 1. The maximum absolute atomic E-state index is 12.4. The third kappa shape index (κ3) is 2.35. The van der Waals surface area contributed by atoms with Crippen LogP contribution < -0.4 is 5.32 Å². The van der Waals surface area contributed by atoms with Crippen LogP contribution in [0.15, 0.2) is 0 Å². The molecular formula is C14H26N2O. The third-order valence-corrected chi connectivity index (χ3v) is 4.56. The van der Waals surface area contributed by atoms with Crippen LogP contribution in [-0.4, -0.2) is 36.5 Å². The molecule has 2 fully saturated rings. The van der Waals surface area contributed by atoms with Gasteiger partial charge in [-0.2, -0.15) is 0 Å². The lowest BCUT2D eigenvalue weighted by molar-refractivity contribution is -0.136.